The summed E-state index contributed by atoms with van der Waals surface area (Å²) in [7, 11) is 0. The molecule has 0 aromatic rings. The second kappa shape index (κ2) is 6.63. The van der Waals surface area contributed by atoms with Gasteiger partial charge in [0.15, 0.2) is 0 Å². The minimum absolute atomic E-state index is 0.251. The van der Waals surface area contributed by atoms with Crippen LogP contribution in [0.25, 0.3) is 0 Å². The van der Waals surface area contributed by atoms with Crippen LogP contribution in [-0.2, 0) is 14.3 Å². The third-order valence-corrected chi connectivity index (χ3v) is 2.99. The lowest BCUT2D eigenvalue weighted by Crippen LogP contribution is -2.47. The Morgan fingerprint density at radius 2 is 1.81 bits per heavy atom. The number of cyclic esters (lactones) is 2. The Kier molecular flexibility index (Phi) is 5.46. The molecule has 1 fully saturated rings. The number of hydrogen-bond donors (Lipinski definition) is 0. The normalized spacial score (nSPS) is 19.6. The number of unbranched alkanes of at least 4 members (excludes halogenated alkanes) is 3. The number of carbonyl (C=O) groups is 2. The molecule has 4 heteroatoms. The quantitative estimate of drug-likeness (QED) is 0.394. The molecule has 16 heavy (non-hydrogen) atoms. The van der Waals surface area contributed by atoms with Crippen molar-refractivity contribution < 1.29 is 14.3 Å². The average molecular weight is 227 g/mol. The maximum Gasteiger partial charge on any atom is 0.327 e. The van der Waals surface area contributed by atoms with Gasteiger partial charge in [-0.3, -0.25) is 14.5 Å². The van der Waals surface area contributed by atoms with E-state index < -0.39 is 11.9 Å². The first-order chi connectivity index (χ1) is 7.63. The van der Waals surface area contributed by atoms with Crippen LogP contribution in [0.5, 0.6) is 0 Å². The molecule has 0 bridgehead atoms. The first kappa shape index (κ1) is 13.2. The number of ether oxygens (including phenoxy) is 1. The highest BCUT2D eigenvalue weighted by molar-refractivity contribution is 5.90. The molecule has 0 N–H and O–H groups in total. The number of morpholine rings is 1. The zero-order chi connectivity index (χ0) is 12.0. The fraction of sp³-hybridized carbons (Fsp3) is 0.833. The van der Waals surface area contributed by atoms with Crippen LogP contribution in [0.2, 0.25) is 0 Å². The second-order valence-corrected chi connectivity index (χ2v) is 4.45. The van der Waals surface area contributed by atoms with E-state index in [1.54, 1.807) is 0 Å². The van der Waals surface area contributed by atoms with Crippen molar-refractivity contribution in [3.8, 4) is 0 Å². The number of rotatable bonds is 6. The molecule has 4 nitrogen and oxygen atoms in total. The molecule has 0 saturated carbocycles. The fourth-order valence-corrected chi connectivity index (χ4v) is 1.94. The van der Waals surface area contributed by atoms with E-state index >= 15 is 0 Å². The summed E-state index contributed by atoms with van der Waals surface area (Å²) in [5, 5.41) is 0. The van der Waals surface area contributed by atoms with Gasteiger partial charge in [0, 0.05) is 6.04 Å². The van der Waals surface area contributed by atoms with Crippen LogP contribution in [0.4, 0.5) is 0 Å². The molecule has 1 aliphatic heterocycles. The van der Waals surface area contributed by atoms with Crippen LogP contribution in [-0.4, -0.2) is 36.0 Å². The number of carbonyl (C=O) groups excluding carboxylic acids is 2. The lowest BCUT2D eigenvalue weighted by molar-refractivity contribution is -0.167. The minimum atomic E-state index is -0.420. The molecule has 0 aliphatic carbocycles. The van der Waals surface area contributed by atoms with Crippen LogP contribution in [0.1, 0.15) is 46.0 Å². The lowest BCUT2D eigenvalue weighted by Gasteiger charge is -2.29. The first-order valence-electron chi connectivity index (χ1n) is 6.11. The number of nitrogens with zero attached hydrogens (tertiary/aromatic N) is 1. The predicted molar refractivity (Wildman–Crippen MR) is 60.9 cm³/mol. The van der Waals surface area contributed by atoms with Gasteiger partial charge in [0.25, 0.3) is 0 Å². The van der Waals surface area contributed by atoms with Gasteiger partial charge in [-0.25, -0.2) is 0 Å². The topological polar surface area (TPSA) is 46.6 Å². The zero-order valence-corrected chi connectivity index (χ0v) is 10.2. The highest BCUT2D eigenvalue weighted by Gasteiger charge is 2.27. The molecule has 0 aromatic carbocycles. The Hall–Kier alpha value is -0.900. The van der Waals surface area contributed by atoms with Crippen molar-refractivity contribution in [3.05, 3.63) is 0 Å². The fourth-order valence-electron chi connectivity index (χ4n) is 1.94. The summed E-state index contributed by atoms with van der Waals surface area (Å²) in [6.07, 6.45) is 5.92. The summed E-state index contributed by atoms with van der Waals surface area (Å²) < 4.78 is 4.49. The average Bonchev–Trinajstić information content (AvgIpc) is 2.22. The summed E-state index contributed by atoms with van der Waals surface area (Å²) in [5.74, 6) is -0.840. The van der Waals surface area contributed by atoms with E-state index in [-0.39, 0.29) is 19.1 Å². The van der Waals surface area contributed by atoms with Gasteiger partial charge in [-0.05, 0) is 13.3 Å². The molecular weight excluding hydrogens is 206 g/mol. The van der Waals surface area contributed by atoms with Gasteiger partial charge in [-0.2, -0.15) is 0 Å². The monoisotopic (exact) mass is 227 g/mol. The van der Waals surface area contributed by atoms with E-state index in [9.17, 15) is 9.59 Å². The molecule has 0 aromatic heterocycles. The summed E-state index contributed by atoms with van der Waals surface area (Å²) in [6.45, 7) is 4.75. The summed E-state index contributed by atoms with van der Waals surface area (Å²) in [4.78, 5) is 24.1. The molecule has 0 spiro atoms. The Morgan fingerprint density at radius 1 is 1.19 bits per heavy atom. The van der Waals surface area contributed by atoms with Gasteiger partial charge in [-0.1, -0.05) is 32.6 Å². The predicted octanol–water partition coefficient (Wildman–Crippen LogP) is 1.73. The van der Waals surface area contributed by atoms with Crippen molar-refractivity contribution >= 4 is 11.9 Å². The lowest BCUT2D eigenvalue weighted by atomic mass is 10.1. The van der Waals surface area contributed by atoms with Crippen molar-refractivity contribution in [1.29, 1.82) is 0 Å². The summed E-state index contributed by atoms with van der Waals surface area (Å²) in [5.41, 5.74) is 0. The molecule has 1 saturated heterocycles. The van der Waals surface area contributed by atoms with E-state index in [4.69, 9.17) is 0 Å². The van der Waals surface area contributed by atoms with E-state index in [1.165, 1.54) is 19.3 Å². The molecule has 1 unspecified atom stereocenters. The van der Waals surface area contributed by atoms with Gasteiger partial charge in [0.1, 0.15) is 0 Å². The van der Waals surface area contributed by atoms with Crippen LogP contribution in [0.15, 0.2) is 0 Å². The highest BCUT2D eigenvalue weighted by Crippen LogP contribution is 2.12. The van der Waals surface area contributed by atoms with E-state index in [2.05, 4.69) is 18.6 Å². The SMILES string of the molecule is CCCCCCC(C)N1CC(=O)OC(=O)C1. The van der Waals surface area contributed by atoms with Gasteiger partial charge < -0.3 is 4.74 Å². The molecule has 1 rings (SSSR count). The van der Waals surface area contributed by atoms with Crippen LogP contribution >= 0.6 is 0 Å². The van der Waals surface area contributed by atoms with Gasteiger partial charge in [0.05, 0.1) is 13.1 Å². The van der Waals surface area contributed by atoms with Crippen LogP contribution in [0.3, 0.4) is 0 Å². The molecular formula is C12H21NO3. The van der Waals surface area contributed by atoms with Crippen molar-refractivity contribution in [3.63, 3.8) is 0 Å². The summed E-state index contributed by atoms with van der Waals surface area (Å²) in [6, 6.07) is 0.286. The molecule has 1 atom stereocenters. The van der Waals surface area contributed by atoms with E-state index in [1.807, 2.05) is 4.90 Å². The molecule has 1 aliphatic rings. The third kappa shape index (κ3) is 4.31. The smallest absolute Gasteiger partial charge is 0.327 e. The van der Waals surface area contributed by atoms with Crippen molar-refractivity contribution in [2.75, 3.05) is 13.1 Å². The largest absolute Gasteiger partial charge is 0.391 e. The van der Waals surface area contributed by atoms with E-state index in [0.29, 0.717) is 0 Å². The van der Waals surface area contributed by atoms with Crippen molar-refractivity contribution in [2.45, 2.75) is 52.0 Å². The molecule has 0 amide bonds. The maximum absolute atomic E-state index is 11.1. The van der Waals surface area contributed by atoms with E-state index in [0.717, 1.165) is 12.8 Å². The van der Waals surface area contributed by atoms with Gasteiger partial charge >= 0.3 is 11.9 Å². The van der Waals surface area contributed by atoms with Crippen LogP contribution in [0, 0.1) is 0 Å². The number of esters is 2. The van der Waals surface area contributed by atoms with Gasteiger partial charge in [0.2, 0.25) is 0 Å². The van der Waals surface area contributed by atoms with Crippen molar-refractivity contribution in [1.82, 2.24) is 4.90 Å². The van der Waals surface area contributed by atoms with Crippen molar-refractivity contribution in [2.24, 2.45) is 0 Å². The maximum atomic E-state index is 11.1. The Balaban J connectivity index is 2.27. The first-order valence-corrected chi connectivity index (χ1v) is 6.11. The van der Waals surface area contributed by atoms with Gasteiger partial charge in [-0.15, -0.1) is 0 Å². The molecule has 1 heterocycles. The highest BCUT2D eigenvalue weighted by atomic mass is 16.6. The Bertz CT molecular complexity index is 237. The second-order valence-electron chi connectivity index (χ2n) is 4.45. The Labute approximate surface area is 96.9 Å². The summed E-state index contributed by atoms with van der Waals surface area (Å²) >= 11 is 0. The molecule has 0 radical (unpaired) electrons. The van der Waals surface area contributed by atoms with Crippen LogP contribution < -0.4 is 0 Å². The molecule has 92 valence electrons. The Morgan fingerprint density at radius 3 is 2.38 bits per heavy atom. The number of hydrogen-bond acceptors (Lipinski definition) is 4. The third-order valence-electron chi connectivity index (χ3n) is 2.99. The zero-order valence-electron chi connectivity index (χ0n) is 10.2. The standard InChI is InChI=1S/C12H21NO3/c1-3-4-5-6-7-10(2)13-8-11(14)16-12(15)9-13/h10H,3-9H2,1-2H3. The minimum Gasteiger partial charge on any atom is -0.391 e.